The molecule has 3 rings (SSSR count). The van der Waals surface area contributed by atoms with Gasteiger partial charge in [0, 0.05) is 5.69 Å². The highest BCUT2D eigenvalue weighted by Crippen LogP contribution is 2.27. The van der Waals surface area contributed by atoms with Gasteiger partial charge in [0.25, 0.3) is 5.89 Å². The van der Waals surface area contributed by atoms with Crippen LogP contribution in [0.15, 0.2) is 46.9 Å². The van der Waals surface area contributed by atoms with Crippen LogP contribution in [-0.2, 0) is 0 Å². The predicted octanol–water partition coefficient (Wildman–Crippen LogP) is 3.19. The molecule has 0 spiro atoms. The fraction of sp³-hybridized carbons (Fsp3) is 0.133. The summed E-state index contributed by atoms with van der Waals surface area (Å²) in [6, 6.07) is 13.4. The molecule has 3 aromatic rings. The Morgan fingerprint density at radius 3 is 2.71 bits per heavy atom. The van der Waals surface area contributed by atoms with E-state index >= 15 is 0 Å². The molecule has 0 fully saturated rings. The summed E-state index contributed by atoms with van der Waals surface area (Å²) in [6.07, 6.45) is 0. The minimum atomic E-state index is 0.290. The van der Waals surface area contributed by atoms with Gasteiger partial charge in [-0.15, -0.1) is 5.10 Å². The highest BCUT2D eigenvalue weighted by molar-refractivity contribution is 5.62. The average molecular weight is 282 g/mol. The van der Waals surface area contributed by atoms with Crippen molar-refractivity contribution < 1.29 is 9.15 Å². The van der Waals surface area contributed by atoms with Gasteiger partial charge >= 0.3 is 6.01 Å². The number of hydrogen-bond donors (Lipinski definition) is 1. The number of nitrogens with zero attached hydrogens (tertiary/aromatic N) is 3. The number of nitrogens with one attached hydrogen (secondary N) is 1. The number of hydrogen-bond acceptors (Lipinski definition) is 6. The van der Waals surface area contributed by atoms with Gasteiger partial charge in [0.15, 0.2) is 0 Å². The van der Waals surface area contributed by atoms with Gasteiger partial charge in [-0.2, -0.15) is 0 Å². The third-order valence-corrected chi connectivity index (χ3v) is 2.88. The van der Waals surface area contributed by atoms with Gasteiger partial charge in [-0.05, 0) is 31.2 Å². The lowest BCUT2D eigenvalue weighted by Gasteiger charge is -2.06. The second-order valence-electron chi connectivity index (χ2n) is 4.40. The molecule has 1 N–H and O–H groups in total. The molecule has 2 heterocycles. The van der Waals surface area contributed by atoms with Gasteiger partial charge in [0.1, 0.15) is 11.4 Å². The third-order valence-electron chi connectivity index (χ3n) is 2.88. The van der Waals surface area contributed by atoms with Gasteiger partial charge < -0.3 is 14.5 Å². The van der Waals surface area contributed by atoms with E-state index < -0.39 is 0 Å². The Bertz CT molecular complexity index is 755. The Morgan fingerprint density at radius 1 is 1.05 bits per heavy atom. The number of para-hydroxylation sites is 2. The number of methoxy groups -OCH3 is 1. The van der Waals surface area contributed by atoms with Crippen LogP contribution in [-0.4, -0.2) is 22.3 Å². The lowest BCUT2D eigenvalue weighted by molar-refractivity contribution is 0.416. The molecular weight excluding hydrogens is 268 g/mol. The summed E-state index contributed by atoms with van der Waals surface area (Å²) in [6.45, 7) is 1.91. The SMILES string of the molecule is COc1ccccc1Nc1nnc(-c2cccc(C)n2)o1. The Morgan fingerprint density at radius 2 is 1.90 bits per heavy atom. The van der Waals surface area contributed by atoms with Crippen molar-refractivity contribution in [1.82, 2.24) is 15.2 Å². The number of ether oxygens (including phenoxy) is 1. The van der Waals surface area contributed by atoms with Crippen molar-refractivity contribution in [3.63, 3.8) is 0 Å². The van der Waals surface area contributed by atoms with Crippen LogP contribution in [0.4, 0.5) is 11.7 Å². The van der Waals surface area contributed by atoms with Crippen LogP contribution in [0.25, 0.3) is 11.6 Å². The van der Waals surface area contributed by atoms with Gasteiger partial charge in [0.05, 0.1) is 12.8 Å². The Hall–Kier alpha value is -2.89. The smallest absolute Gasteiger partial charge is 0.320 e. The summed E-state index contributed by atoms with van der Waals surface area (Å²) in [4.78, 5) is 4.35. The van der Waals surface area contributed by atoms with Crippen LogP contribution < -0.4 is 10.1 Å². The molecule has 0 aliphatic carbocycles. The van der Waals surface area contributed by atoms with E-state index in [4.69, 9.17) is 9.15 Å². The van der Waals surface area contributed by atoms with Crippen molar-refractivity contribution in [2.75, 3.05) is 12.4 Å². The number of rotatable bonds is 4. The number of aryl methyl sites for hydroxylation is 1. The summed E-state index contributed by atoms with van der Waals surface area (Å²) in [5.41, 5.74) is 2.30. The van der Waals surface area contributed by atoms with Crippen LogP contribution in [0.3, 0.4) is 0 Å². The summed E-state index contributed by atoms with van der Waals surface area (Å²) >= 11 is 0. The first-order valence-corrected chi connectivity index (χ1v) is 6.44. The molecule has 0 radical (unpaired) electrons. The molecule has 0 saturated carbocycles. The van der Waals surface area contributed by atoms with Gasteiger partial charge in [-0.1, -0.05) is 23.3 Å². The van der Waals surface area contributed by atoms with E-state index in [1.165, 1.54) is 0 Å². The van der Waals surface area contributed by atoms with E-state index in [9.17, 15) is 0 Å². The number of aromatic nitrogens is 3. The molecule has 0 aliphatic heterocycles. The van der Waals surface area contributed by atoms with E-state index in [2.05, 4.69) is 20.5 Å². The molecule has 0 amide bonds. The van der Waals surface area contributed by atoms with Crippen molar-refractivity contribution in [1.29, 1.82) is 0 Å². The van der Waals surface area contributed by atoms with Crippen LogP contribution >= 0.6 is 0 Å². The lowest BCUT2D eigenvalue weighted by atomic mass is 10.3. The quantitative estimate of drug-likeness (QED) is 0.792. The van der Waals surface area contributed by atoms with E-state index in [1.54, 1.807) is 7.11 Å². The maximum Gasteiger partial charge on any atom is 0.320 e. The first-order valence-electron chi connectivity index (χ1n) is 6.44. The molecular formula is C15H14N4O2. The Kier molecular flexibility index (Phi) is 3.51. The lowest BCUT2D eigenvalue weighted by Crippen LogP contribution is -1.94. The zero-order chi connectivity index (χ0) is 14.7. The molecule has 6 heteroatoms. The third kappa shape index (κ3) is 2.84. The largest absolute Gasteiger partial charge is 0.495 e. The van der Waals surface area contributed by atoms with Crippen molar-refractivity contribution in [2.45, 2.75) is 6.92 Å². The topological polar surface area (TPSA) is 73.1 Å². The number of anilines is 2. The van der Waals surface area contributed by atoms with Crippen molar-refractivity contribution in [3.05, 3.63) is 48.2 Å². The van der Waals surface area contributed by atoms with Crippen LogP contribution in [0.5, 0.6) is 5.75 Å². The van der Waals surface area contributed by atoms with Crippen LogP contribution in [0, 0.1) is 6.92 Å². The summed E-state index contributed by atoms with van der Waals surface area (Å²) < 4.78 is 10.8. The normalized spacial score (nSPS) is 10.4. The summed E-state index contributed by atoms with van der Waals surface area (Å²) in [5, 5.41) is 11.0. The fourth-order valence-electron chi connectivity index (χ4n) is 1.90. The molecule has 0 bridgehead atoms. The molecule has 6 nitrogen and oxygen atoms in total. The van der Waals surface area contributed by atoms with Gasteiger partial charge in [-0.25, -0.2) is 4.98 Å². The van der Waals surface area contributed by atoms with E-state index in [1.807, 2.05) is 49.4 Å². The van der Waals surface area contributed by atoms with Crippen LogP contribution in [0.1, 0.15) is 5.69 Å². The molecule has 0 atom stereocenters. The van der Waals surface area contributed by atoms with E-state index in [-0.39, 0.29) is 6.01 Å². The second-order valence-corrected chi connectivity index (χ2v) is 4.40. The zero-order valence-electron chi connectivity index (χ0n) is 11.7. The highest BCUT2D eigenvalue weighted by Gasteiger charge is 2.11. The molecule has 2 aromatic heterocycles. The van der Waals surface area contributed by atoms with Crippen molar-refractivity contribution >= 4 is 11.7 Å². The molecule has 106 valence electrons. The van der Waals surface area contributed by atoms with Crippen molar-refractivity contribution in [2.24, 2.45) is 0 Å². The maximum atomic E-state index is 5.58. The van der Waals surface area contributed by atoms with E-state index in [0.717, 1.165) is 11.4 Å². The molecule has 0 unspecified atom stereocenters. The summed E-state index contributed by atoms with van der Waals surface area (Å²) in [5.74, 6) is 1.07. The maximum absolute atomic E-state index is 5.58. The molecule has 1 aromatic carbocycles. The first-order chi connectivity index (χ1) is 10.3. The standard InChI is InChI=1S/C15H14N4O2/c1-10-6-5-8-12(16-10)14-18-19-15(21-14)17-11-7-3-4-9-13(11)20-2/h3-9H,1-2H3,(H,17,19). The second kappa shape index (κ2) is 5.62. The number of pyridine rings is 1. The van der Waals surface area contributed by atoms with Gasteiger partial charge in [0.2, 0.25) is 0 Å². The van der Waals surface area contributed by atoms with E-state index in [0.29, 0.717) is 17.3 Å². The Balaban J connectivity index is 1.85. The monoisotopic (exact) mass is 282 g/mol. The average Bonchev–Trinajstić information content (AvgIpc) is 2.96. The molecule has 0 saturated heterocycles. The fourth-order valence-corrected chi connectivity index (χ4v) is 1.90. The Labute approximate surface area is 121 Å². The van der Waals surface area contributed by atoms with Crippen LogP contribution in [0.2, 0.25) is 0 Å². The first kappa shape index (κ1) is 13.1. The minimum absolute atomic E-state index is 0.290. The van der Waals surface area contributed by atoms with Crippen molar-refractivity contribution in [3.8, 4) is 17.3 Å². The molecule has 0 aliphatic rings. The minimum Gasteiger partial charge on any atom is -0.495 e. The summed E-state index contributed by atoms with van der Waals surface area (Å²) in [7, 11) is 1.61. The number of benzene rings is 1. The predicted molar refractivity (Wildman–Crippen MR) is 78.5 cm³/mol. The zero-order valence-corrected chi connectivity index (χ0v) is 11.7. The molecule has 21 heavy (non-hydrogen) atoms. The highest BCUT2D eigenvalue weighted by atomic mass is 16.5. The van der Waals surface area contributed by atoms with Gasteiger partial charge in [-0.3, -0.25) is 0 Å².